The molecular weight excluding hydrogens is 330 g/mol. The number of imidazole rings is 1. The second kappa shape index (κ2) is 8.97. The average molecular weight is 364 g/mol. The van der Waals surface area contributed by atoms with Crippen molar-refractivity contribution in [1.82, 2.24) is 24.3 Å². The summed E-state index contributed by atoms with van der Waals surface area (Å²) < 4.78 is 1.94. The van der Waals surface area contributed by atoms with Gasteiger partial charge < -0.3 is 19.5 Å². The molecule has 0 bridgehead atoms. The van der Waals surface area contributed by atoms with E-state index in [1.165, 1.54) is 0 Å². The Balaban J connectivity index is 1.47. The van der Waals surface area contributed by atoms with E-state index in [4.69, 9.17) is 0 Å². The Morgan fingerprint density at radius 2 is 1.92 bits per heavy atom. The van der Waals surface area contributed by atoms with Gasteiger partial charge in [0, 0.05) is 64.2 Å². The maximum Gasteiger partial charge on any atom is 0.225 e. The van der Waals surface area contributed by atoms with E-state index < -0.39 is 6.10 Å². The molecule has 1 aromatic rings. The fourth-order valence-electron chi connectivity index (χ4n) is 4.10. The number of amides is 1. The summed E-state index contributed by atoms with van der Waals surface area (Å²) in [6.07, 6.45) is 5.92. The van der Waals surface area contributed by atoms with Gasteiger partial charge in [-0.2, -0.15) is 0 Å². The van der Waals surface area contributed by atoms with Crippen LogP contribution in [0.2, 0.25) is 0 Å². The number of aryl methyl sites for hydroxylation is 1. The Hall–Kier alpha value is -1.44. The normalized spacial score (nSPS) is 21.9. The molecule has 1 N–H and O–H groups in total. The number of rotatable bonds is 6. The lowest BCUT2D eigenvalue weighted by Gasteiger charge is -2.42. The van der Waals surface area contributed by atoms with E-state index in [1.54, 1.807) is 6.20 Å². The number of aliphatic hydroxyl groups is 1. The van der Waals surface area contributed by atoms with Crippen LogP contribution >= 0.6 is 0 Å². The lowest BCUT2D eigenvalue weighted by Crippen LogP contribution is -2.53. The molecular formula is C19H33N5O2. The van der Waals surface area contributed by atoms with Gasteiger partial charge in [0.2, 0.25) is 5.91 Å². The number of likely N-dealkylation sites (N-methyl/N-ethyl adjacent to an activating group) is 1. The van der Waals surface area contributed by atoms with Gasteiger partial charge in [0.05, 0.1) is 6.42 Å². The summed E-state index contributed by atoms with van der Waals surface area (Å²) in [6.45, 7) is 9.04. The van der Waals surface area contributed by atoms with Crippen molar-refractivity contribution < 1.29 is 9.90 Å². The van der Waals surface area contributed by atoms with Gasteiger partial charge in [0.25, 0.3) is 0 Å². The standard InChI is InChI=1S/C19H33N5O2/c1-3-7-24-10-6-20-19(24)17(25)15-18(26)23-8-4-16(5-9-23)22-13-11-21(2)12-14-22/h6,10,16-17,25H,3-5,7-9,11-15H2,1-2H3. The predicted octanol–water partition coefficient (Wildman–Crippen LogP) is 0.955. The van der Waals surface area contributed by atoms with Crippen molar-refractivity contribution in [1.29, 1.82) is 0 Å². The second-order valence-corrected chi connectivity index (χ2v) is 7.65. The Kier molecular flexibility index (Phi) is 6.67. The maximum absolute atomic E-state index is 12.6. The number of piperazine rings is 1. The molecule has 0 saturated carbocycles. The van der Waals surface area contributed by atoms with E-state index >= 15 is 0 Å². The number of aliphatic hydroxyl groups excluding tert-OH is 1. The molecule has 0 aromatic carbocycles. The van der Waals surface area contributed by atoms with Crippen molar-refractivity contribution in [3.05, 3.63) is 18.2 Å². The molecule has 2 aliphatic heterocycles. The van der Waals surface area contributed by atoms with Crippen LogP contribution in [0.25, 0.3) is 0 Å². The molecule has 7 nitrogen and oxygen atoms in total. The summed E-state index contributed by atoms with van der Waals surface area (Å²) in [6, 6.07) is 0.598. The average Bonchev–Trinajstić information content (AvgIpc) is 3.11. The fourth-order valence-corrected chi connectivity index (χ4v) is 4.10. The zero-order valence-electron chi connectivity index (χ0n) is 16.2. The van der Waals surface area contributed by atoms with Gasteiger partial charge in [-0.3, -0.25) is 9.69 Å². The van der Waals surface area contributed by atoms with Crippen LogP contribution in [0, 0.1) is 0 Å². The van der Waals surface area contributed by atoms with E-state index in [0.29, 0.717) is 11.9 Å². The van der Waals surface area contributed by atoms with Crippen LogP contribution < -0.4 is 0 Å². The monoisotopic (exact) mass is 363 g/mol. The van der Waals surface area contributed by atoms with Crippen LogP contribution in [0.1, 0.15) is 44.5 Å². The number of piperidine rings is 1. The summed E-state index contributed by atoms with van der Waals surface area (Å²) in [5.41, 5.74) is 0. The van der Waals surface area contributed by atoms with Crippen molar-refractivity contribution in [2.45, 2.75) is 51.3 Å². The highest BCUT2D eigenvalue weighted by Crippen LogP contribution is 2.21. The van der Waals surface area contributed by atoms with E-state index in [0.717, 1.165) is 65.1 Å². The Labute approximate surface area is 156 Å². The van der Waals surface area contributed by atoms with Gasteiger partial charge in [-0.25, -0.2) is 4.98 Å². The fraction of sp³-hybridized carbons (Fsp3) is 0.789. The van der Waals surface area contributed by atoms with Crippen molar-refractivity contribution >= 4 is 5.91 Å². The number of likely N-dealkylation sites (tertiary alicyclic amines) is 1. The molecule has 1 aromatic heterocycles. The first kappa shape index (κ1) is 19.3. The highest BCUT2D eigenvalue weighted by atomic mass is 16.3. The summed E-state index contributed by atoms with van der Waals surface area (Å²) in [4.78, 5) is 23.7. The minimum Gasteiger partial charge on any atom is -0.385 e. The van der Waals surface area contributed by atoms with Crippen molar-refractivity contribution in [2.75, 3.05) is 46.3 Å². The number of aromatic nitrogens is 2. The minimum atomic E-state index is -0.820. The second-order valence-electron chi connectivity index (χ2n) is 7.65. The first-order valence-electron chi connectivity index (χ1n) is 9.98. The molecule has 1 amide bonds. The highest BCUT2D eigenvalue weighted by molar-refractivity contribution is 5.76. The minimum absolute atomic E-state index is 0.0420. The molecule has 3 rings (SSSR count). The van der Waals surface area contributed by atoms with E-state index in [-0.39, 0.29) is 12.3 Å². The SMILES string of the molecule is CCCn1ccnc1C(O)CC(=O)N1CCC(N2CCN(C)CC2)CC1. The highest BCUT2D eigenvalue weighted by Gasteiger charge is 2.29. The van der Waals surface area contributed by atoms with Gasteiger partial charge in [0.15, 0.2) is 0 Å². The Morgan fingerprint density at radius 1 is 1.23 bits per heavy atom. The largest absolute Gasteiger partial charge is 0.385 e. The first-order valence-corrected chi connectivity index (χ1v) is 9.98. The third-order valence-corrected chi connectivity index (χ3v) is 5.75. The van der Waals surface area contributed by atoms with Gasteiger partial charge in [-0.15, -0.1) is 0 Å². The Morgan fingerprint density at radius 3 is 2.58 bits per heavy atom. The molecule has 0 spiro atoms. The molecule has 3 heterocycles. The van der Waals surface area contributed by atoms with Crippen molar-refractivity contribution in [3.8, 4) is 0 Å². The first-order chi connectivity index (χ1) is 12.6. The summed E-state index contributed by atoms with van der Waals surface area (Å²) in [5.74, 6) is 0.646. The predicted molar refractivity (Wildman–Crippen MR) is 101 cm³/mol. The Bertz CT molecular complexity index is 574. The van der Waals surface area contributed by atoms with Crippen molar-refractivity contribution in [2.24, 2.45) is 0 Å². The number of nitrogens with zero attached hydrogens (tertiary/aromatic N) is 5. The third kappa shape index (κ3) is 4.64. The number of carbonyl (C=O) groups is 1. The number of hydrogen-bond acceptors (Lipinski definition) is 5. The number of carbonyl (C=O) groups excluding carboxylic acids is 1. The summed E-state index contributed by atoms with van der Waals surface area (Å²) in [5, 5.41) is 10.5. The molecule has 2 saturated heterocycles. The quantitative estimate of drug-likeness (QED) is 0.815. The summed E-state index contributed by atoms with van der Waals surface area (Å²) in [7, 11) is 2.18. The zero-order chi connectivity index (χ0) is 18.5. The zero-order valence-corrected chi connectivity index (χ0v) is 16.2. The summed E-state index contributed by atoms with van der Waals surface area (Å²) >= 11 is 0. The molecule has 0 radical (unpaired) electrons. The molecule has 7 heteroatoms. The molecule has 146 valence electrons. The van der Waals surface area contributed by atoms with E-state index in [1.807, 2.05) is 15.7 Å². The molecule has 0 aliphatic carbocycles. The smallest absolute Gasteiger partial charge is 0.225 e. The van der Waals surface area contributed by atoms with Crippen LogP contribution in [0.4, 0.5) is 0 Å². The molecule has 2 aliphatic rings. The molecule has 26 heavy (non-hydrogen) atoms. The molecule has 1 atom stereocenters. The van der Waals surface area contributed by atoms with Crippen molar-refractivity contribution in [3.63, 3.8) is 0 Å². The van der Waals surface area contributed by atoms with E-state index in [9.17, 15) is 9.90 Å². The van der Waals surface area contributed by atoms with Crippen LogP contribution in [0.5, 0.6) is 0 Å². The molecule has 2 fully saturated rings. The van der Waals surface area contributed by atoms with Crippen LogP contribution in [0.3, 0.4) is 0 Å². The third-order valence-electron chi connectivity index (χ3n) is 5.75. The van der Waals surface area contributed by atoms with Gasteiger partial charge in [-0.05, 0) is 26.3 Å². The van der Waals surface area contributed by atoms with Crippen LogP contribution in [0.15, 0.2) is 12.4 Å². The lowest BCUT2D eigenvalue weighted by molar-refractivity contribution is -0.135. The lowest BCUT2D eigenvalue weighted by atomic mass is 10.0. The topological polar surface area (TPSA) is 64.8 Å². The number of hydrogen-bond donors (Lipinski definition) is 1. The maximum atomic E-state index is 12.6. The van der Waals surface area contributed by atoms with Crippen LogP contribution in [-0.2, 0) is 11.3 Å². The van der Waals surface area contributed by atoms with Gasteiger partial charge in [-0.1, -0.05) is 6.92 Å². The van der Waals surface area contributed by atoms with Gasteiger partial charge in [0.1, 0.15) is 11.9 Å². The molecule has 1 unspecified atom stereocenters. The van der Waals surface area contributed by atoms with Gasteiger partial charge >= 0.3 is 0 Å². The van der Waals surface area contributed by atoms with E-state index in [2.05, 4.69) is 28.8 Å². The van der Waals surface area contributed by atoms with Crippen LogP contribution in [-0.4, -0.2) is 87.6 Å².